The van der Waals surface area contributed by atoms with Gasteiger partial charge in [0, 0.05) is 94.0 Å². The van der Waals surface area contributed by atoms with Gasteiger partial charge in [0.2, 0.25) is 11.8 Å². The van der Waals surface area contributed by atoms with Gasteiger partial charge < -0.3 is 61.4 Å². The van der Waals surface area contributed by atoms with E-state index < -0.39 is 59.6 Å². The number of benzene rings is 2. The van der Waals surface area contributed by atoms with E-state index in [4.69, 9.17) is 32.7 Å². The van der Waals surface area contributed by atoms with Crippen molar-refractivity contribution in [3.8, 4) is 5.75 Å². The van der Waals surface area contributed by atoms with Crippen molar-refractivity contribution >= 4 is 70.7 Å². The number of aliphatic carboxylic acids is 4. The van der Waals surface area contributed by atoms with Gasteiger partial charge in [0.05, 0.1) is 67.7 Å². The predicted octanol–water partition coefficient (Wildman–Crippen LogP) is 1.11. The number of phenols is 1. The molecule has 7 aliphatic rings. The highest BCUT2D eigenvalue weighted by atomic mass is 35.5. The lowest BCUT2D eigenvalue weighted by atomic mass is 9.48. The molecule has 6 atom stereocenters. The second kappa shape index (κ2) is 26.5. The van der Waals surface area contributed by atoms with E-state index in [1.807, 2.05) is 4.90 Å². The van der Waals surface area contributed by atoms with E-state index in [1.165, 1.54) is 30.3 Å². The number of fused-ring (bicyclic) bond motifs is 1. The van der Waals surface area contributed by atoms with Crippen molar-refractivity contribution in [2.45, 2.75) is 44.4 Å². The molecule has 3 saturated heterocycles. The summed E-state index contributed by atoms with van der Waals surface area (Å²) in [6, 6.07) is 7.04. The van der Waals surface area contributed by atoms with Gasteiger partial charge >= 0.3 is 23.9 Å². The van der Waals surface area contributed by atoms with Crippen molar-refractivity contribution in [3.63, 3.8) is 0 Å². The largest absolute Gasteiger partial charge is 0.508 e. The number of aliphatic hydroxyl groups excluding tert-OH is 1. The highest BCUT2D eigenvalue weighted by molar-refractivity contribution is 6.40. The van der Waals surface area contributed by atoms with Gasteiger partial charge in [-0.25, -0.2) is 4.79 Å². The highest BCUT2D eigenvalue weighted by Crippen LogP contribution is 2.68. The number of rotatable bonds is 22. The molecule has 3 saturated carbocycles. The molecule has 10 N–H and O–H groups in total. The fraction of sp³-hybridized carbons (Fsp3) is 0.538. The number of nitrogens with zero attached hydrogens (tertiary/aromatic N) is 4. The number of amides is 4. The Morgan fingerprint density at radius 3 is 1.88 bits per heavy atom. The van der Waals surface area contributed by atoms with Crippen molar-refractivity contribution in [3.05, 3.63) is 86.6 Å². The van der Waals surface area contributed by atoms with Crippen molar-refractivity contribution in [1.29, 1.82) is 0 Å². The quantitative estimate of drug-likeness (QED) is 0.0738. The molecule has 24 nitrogen and oxygen atoms in total. The molecule has 4 amide bonds. The number of hydrogen-bond donors (Lipinski definition) is 10. The maximum absolute atomic E-state index is 13.8. The Hall–Kier alpha value is -6.38. The van der Waals surface area contributed by atoms with Crippen molar-refractivity contribution in [2.75, 3.05) is 111 Å². The van der Waals surface area contributed by atoms with E-state index in [0.29, 0.717) is 51.1 Å². The number of aliphatic hydroxyl groups is 1. The number of allylic oxidation sites excluding steroid dienone is 1. The van der Waals surface area contributed by atoms with Gasteiger partial charge in [-0.1, -0.05) is 35.3 Å². The average Bonchev–Trinajstić information content (AvgIpc) is 3.73. The molecule has 6 fully saturated rings. The molecule has 424 valence electrons. The average molecular weight is 1130 g/mol. The Balaban J connectivity index is 0.884. The summed E-state index contributed by atoms with van der Waals surface area (Å²) in [5.74, 6) is -7.34. The van der Waals surface area contributed by atoms with Gasteiger partial charge in [-0.05, 0) is 79.5 Å². The van der Waals surface area contributed by atoms with Crippen LogP contribution in [0.15, 0.2) is 59.9 Å². The summed E-state index contributed by atoms with van der Waals surface area (Å²) in [6.07, 6.45) is 5.22. The second-order valence-corrected chi connectivity index (χ2v) is 21.5. The minimum atomic E-state index is -1.64. The Kier molecular flexibility index (Phi) is 20.2. The van der Waals surface area contributed by atoms with Crippen LogP contribution in [0.5, 0.6) is 5.75 Å². The van der Waals surface area contributed by atoms with Crippen LogP contribution >= 0.6 is 23.2 Å². The first kappa shape index (κ1) is 59.3. The third-order valence-electron chi connectivity index (χ3n) is 15.2. The number of phenolic OH excluding ortho intramolecular Hbond substituents is 1. The molecular weight excluding hydrogens is 1060 g/mol. The summed E-state index contributed by atoms with van der Waals surface area (Å²) in [5, 5.41) is 69.4. The Morgan fingerprint density at radius 2 is 1.32 bits per heavy atom. The fourth-order valence-electron chi connectivity index (χ4n) is 11.4. The van der Waals surface area contributed by atoms with Crippen LogP contribution in [0.25, 0.3) is 0 Å². The third-order valence-corrected chi connectivity index (χ3v) is 15.8. The van der Waals surface area contributed by atoms with E-state index in [-0.39, 0.29) is 159 Å². The molecule has 9 rings (SSSR count). The summed E-state index contributed by atoms with van der Waals surface area (Å²) in [4.78, 5) is 107. The smallest absolute Gasteiger partial charge is 0.328 e. The normalized spacial score (nSPS) is 24.4. The lowest BCUT2D eigenvalue weighted by molar-refractivity contribution is -0.224. The van der Waals surface area contributed by atoms with E-state index in [2.05, 4.69) is 21.3 Å². The number of carbonyl (C=O) groups excluding carboxylic acids is 4. The second-order valence-electron chi connectivity index (χ2n) is 20.7. The maximum Gasteiger partial charge on any atom is 0.328 e. The van der Waals surface area contributed by atoms with Crippen molar-refractivity contribution in [2.24, 2.45) is 22.7 Å². The number of hydrogen-bond acceptors (Lipinski definition) is 16. The van der Waals surface area contributed by atoms with Gasteiger partial charge in [0.15, 0.2) is 0 Å². The number of ether oxygens (including phenoxy) is 2. The Labute approximate surface area is 459 Å². The van der Waals surface area contributed by atoms with Crippen LogP contribution in [0.1, 0.15) is 52.0 Å². The van der Waals surface area contributed by atoms with Gasteiger partial charge in [-0.2, -0.15) is 0 Å². The van der Waals surface area contributed by atoms with Crippen LogP contribution in [0.3, 0.4) is 0 Å². The summed E-state index contributed by atoms with van der Waals surface area (Å²) >= 11 is 12.8. The maximum atomic E-state index is 13.8. The van der Waals surface area contributed by atoms with Gasteiger partial charge in [-0.3, -0.25) is 53.2 Å². The van der Waals surface area contributed by atoms with Gasteiger partial charge in [0.1, 0.15) is 17.6 Å². The van der Waals surface area contributed by atoms with Crippen LogP contribution in [0.2, 0.25) is 10.0 Å². The lowest BCUT2D eigenvalue weighted by Crippen LogP contribution is -2.62. The van der Waals surface area contributed by atoms with Crippen LogP contribution < -0.4 is 21.3 Å². The van der Waals surface area contributed by atoms with E-state index in [0.717, 1.165) is 0 Å². The zero-order valence-electron chi connectivity index (χ0n) is 42.8. The topological polar surface area (TPSA) is 337 Å². The zero-order chi connectivity index (χ0) is 56.3. The van der Waals surface area contributed by atoms with E-state index in [9.17, 15) is 69.0 Å². The predicted molar refractivity (Wildman–Crippen MR) is 279 cm³/mol. The minimum absolute atomic E-state index is 0.000715. The number of halogens is 2. The summed E-state index contributed by atoms with van der Waals surface area (Å²) < 4.78 is 12.7. The first-order valence-electron chi connectivity index (χ1n) is 25.6. The fourth-order valence-corrected chi connectivity index (χ4v) is 12.0. The molecule has 5 unspecified atom stereocenters. The minimum Gasteiger partial charge on any atom is -0.508 e. The SMILES string of the molecule is O=C(O)CN1CCN(CC(=O)O)CCN(CC(=O)NCCOCC23CCC45C=C(O)C=C(C(=O)NC[C@H](NC(=O)c6c(Cl)cc(C(=O)NCc7cccc(O)c7)cc6Cl)C(=O)O)CC4C(C2)C5OC3)CCN(CC(=O)O)CC1. The number of nitrogens with one attached hydrogen (secondary N) is 4. The van der Waals surface area contributed by atoms with E-state index in [1.54, 1.807) is 32.9 Å². The Bertz CT molecular complexity index is 2620. The van der Waals surface area contributed by atoms with Gasteiger partial charge in [-0.15, -0.1) is 0 Å². The highest BCUT2D eigenvalue weighted by Gasteiger charge is 2.68. The molecule has 26 heteroatoms. The monoisotopic (exact) mass is 1130 g/mol. The summed E-state index contributed by atoms with van der Waals surface area (Å²) in [7, 11) is 0. The number of carboxylic acids is 4. The molecule has 4 bridgehead atoms. The van der Waals surface area contributed by atoms with Crippen LogP contribution in [0.4, 0.5) is 0 Å². The van der Waals surface area contributed by atoms with Gasteiger partial charge in [0.25, 0.3) is 11.8 Å². The number of aromatic hydroxyl groups is 1. The molecule has 3 aliphatic heterocycles. The molecule has 0 aromatic heterocycles. The summed E-state index contributed by atoms with van der Waals surface area (Å²) in [6.45, 7) is 1.88. The first-order valence-corrected chi connectivity index (χ1v) is 26.4. The lowest BCUT2D eigenvalue weighted by Gasteiger charge is -2.61. The first-order chi connectivity index (χ1) is 37.1. The van der Waals surface area contributed by atoms with Crippen LogP contribution in [0, 0.1) is 22.7 Å². The molecule has 1 spiro atoms. The molecule has 2 aromatic carbocycles. The Morgan fingerprint density at radius 1 is 0.731 bits per heavy atom. The number of carbonyl (C=O) groups is 8. The van der Waals surface area contributed by atoms with Crippen molar-refractivity contribution < 1.29 is 78.5 Å². The molecule has 0 radical (unpaired) electrons. The summed E-state index contributed by atoms with van der Waals surface area (Å²) in [5.41, 5.74) is -0.396. The standard InChI is InChI=1S/C52H66Cl2N8O16/c53-38-19-33(48(73)56-23-31-2-1-3-34(63)16-31)20-39(54)45(38)49(74)58-40(50(75)76)24-57-47(72)32-17-35(64)21-52-5-4-51(22-36(37(52)18-32)46(52)78-30-51)29-77-15-6-55-41(65)25-59-7-9-60(26-42(66)67)11-13-62(28-44(70)71)14-12-61(10-8-59)27-43(68)69/h1-3,16-17,19-21,36-37,40,46,63-64H,4-15,18,22-30H2,(H,55,65)(H,56,73)(H,57,72)(H,58,74)(H,66,67)(H,68,69)(H,70,71)(H,75,76)/t36?,37?,40-,46?,51?,52?/m0/s1. The molecule has 4 aliphatic carbocycles. The molecular formula is C52H66Cl2N8O16. The van der Waals surface area contributed by atoms with Crippen LogP contribution in [-0.4, -0.2) is 221 Å². The third kappa shape index (κ3) is 15.5. The molecule has 78 heavy (non-hydrogen) atoms. The molecule has 3 heterocycles. The van der Waals surface area contributed by atoms with Crippen LogP contribution in [-0.2, 0) is 44.8 Å². The van der Waals surface area contributed by atoms with E-state index >= 15 is 0 Å². The number of carboxylic acid groups (broad SMARTS) is 4. The molecule has 2 aromatic rings. The van der Waals surface area contributed by atoms with Crippen molar-refractivity contribution in [1.82, 2.24) is 40.9 Å². The zero-order valence-corrected chi connectivity index (χ0v) is 44.3.